The lowest BCUT2D eigenvalue weighted by Gasteiger charge is -2.23. The molecule has 164 valence electrons. The van der Waals surface area contributed by atoms with Crippen LogP contribution in [0, 0.1) is 20.8 Å². The zero-order valence-electron chi connectivity index (χ0n) is 18.3. The van der Waals surface area contributed by atoms with Gasteiger partial charge < -0.3 is 5.32 Å². The monoisotopic (exact) mass is 448 g/mol. The van der Waals surface area contributed by atoms with Crippen molar-refractivity contribution in [2.75, 3.05) is 29.4 Å². The molecule has 7 heteroatoms. The smallest absolute Gasteiger partial charge is 0.232 e. The molecule has 5 nitrogen and oxygen atoms in total. The third-order valence-electron chi connectivity index (χ3n) is 4.58. The summed E-state index contributed by atoms with van der Waals surface area (Å²) in [6, 6.07) is 14.2. The topological polar surface area (TPSA) is 66.5 Å². The average molecular weight is 449 g/mol. The average Bonchev–Trinajstić information content (AvgIpc) is 2.63. The minimum atomic E-state index is -3.40. The van der Waals surface area contributed by atoms with Gasteiger partial charge in [0, 0.05) is 31.0 Å². The minimum absolute atomic E-state index is 0.0416. The van der Waals surface area contributed by atoms with Gasteiger partial charge in [0.2, 0.25) is 15.9 Å². The molecule has 1 amide bonds. The Morgan fingerprint density at radius 2 is 1.73 bits per heavy atom. The number of nitrogens with zero attached hydrogens (tertiary/aromatic N) is 1. The van der Waals surface area contributed by atoms with Gasteiger partial charge in [0.15, 0.2) is 0 Å². The van der Waals surface area contributed by atoms with Gasteiger partial charge in [-0.05, 0) is 56.0 Å². The van der Waals surface area contributed by atoms with Gasteiger partial charge in [-0.1, -0.05) is 35.9 Å². The van der Waals surface area contributed by atoms with Crippen molar-refractivity contribution in [3.63, 3.8) is 0 Å². The number of aryl methyl sites for hydroxylation is 3. The summed E-state index contributed by atoms with van der Waals surface area (Å²) in [6.07, 6.45) is 1.98. The van der Waals surface area contributed by atoms with Gasteiger partial charge in [-0.15, -0.1) is 0 Å². The van der Waals surface area contributed by atoms with Gasteiger partial charge in [-0.2, -0.15) is 11.8 Å². The zero-order valence-corrected chi connectivity index (χ0v) is 19.9. The van der Waals surface area contributed by atoms with E-state index >= 15 is 0 Å². The fourth-order valence-corrected chi connectivity index (χ4v) is 5.06. The van der Waals surface area contributed by atoms with Crippen LogP contribution in [0.1, 0.15) is 35.1 Å². The largest absolute Gasteiger partial charge is 0.355 e. The Balaban J connectivity index is 1.73. The number of carbonyl (C=O) groups is 1. The third-order valence-corrected chi connectivity index (χ3v) is 6.80. The number of thioether (sulfide) groups is 1. The lowest BCUT2D eigenvalue weighted by Crippen LogP contribution is -2.32. The van der Waals surface area contributed by atoms with Crippen LogP contribution in [0.3, 0.4) is 0 Å². The molecule has 0 saturated carbocycles. The van der Waals surface area contributed by atoms with Crippen LogP contribution in [0.4, 0.5) is 5.69 Å². The first-order valence-corrected chi connectivity index (χ1v) is 13.1. The maximum Gasteiger partial charge on any atom is 0.232 e. The minimum Gasteiger partial charge on any atom is -0.355 e. The molecule has 0 aliphatic carbocycles. The van der Waals surface area contributed by atoms with E-state index in [4.69, 9.17) is 0 Å². The van der Waals surface area contributed by atoms with Crippen molar-refractivity contribution in [1.82, 2.24) is 5.32 Å². The summed E-state index contributed by atoms with van der Waals surface area (Å²) in [5.74, 6) is 1.73. The van der Waals surface area contributed by atoms with Gasteiger partial charge in [-0.25, -0.2) is 8.42 Å². The summed E-state index contributed by atoms with van der Waals surface area (Å²) in [7, 11) is -3.40. The highest BCUT2D eigenvalue weighted by atomic mass is 32.2. The van der Waals surface area contributed by atoms with Gasteiger partial charge in [0.05, 0.1) is 11.9 Å². The van der Waals surface area contributed by atoms with E-state index in [1.54, 1.807) is 11.8 Å². The predicted octanol–water partition coefficient (Wildman–Crippen LogP) is 4.21. The first kappa shape index (κ1) is 24.3. The molecule has 2 aromatic carbocycles. The standard InChI is InChI=1S/C23H32N2O3S2/c1-18-7-5-8-21(14-18)17-29-12-10-24-23(26)9-6-11-25(30(4,27)28)22-15-19(2)13-20(3)16-22/h5,7-8,13-16H,6,9-12,17H2,1-4H3,(H,24,26). The zero-order chi connectivity index (χ0) is 22.1. The number of benzene rings is 2. The van der Waals surface area contributed by atoms with Crippen molar-refractivity contribution in [3.05, 3.63) is 64.7 Å². The summed E-state index contributed by atoms with van der Waals surface area (Å²) in [5, 5.41) is 2.92. The number of anilines is 1. The fraction of sp³-hybridized carbons (Fsp3) is 0.435. The molecule has 0 fully saturated rings. The number of carbonyl (C=O) groups excluding carboxylic acids is 1. The Bertz CT molecular complexity index is 938. The number of rotatable bonds is 11. The molecule has 0 bridgehead atoms. The van der Waals surface area contributed by atoms with Crippen LogP contribution >= 0.6 is 11.8 Å². The summed E-state index contributed by atoms with van der Waals surface area (Å²) in [6.45, 7) is 6.88. The molecule has 0 spiro atoms. The molecular formula is C23H32N2O3S2. The second kappa shape index (κ2) is 11.4. The maximum absolute atomic E-state index is 12.2. The van der Waals surface area contributed by atoms with E-state index in [0.29, 0.717) is 25.1 Å². The highest BCUT2D eigenvalue weighted by molar-refractivity contribution is 7.98. The highest BCUT2D eigenvalue weighted by Gasteiger charge is 2.18. The second-order valence-electron chi connectivity index (χ2n) is 7.68. The van der Waals surface area contributed by atoms with Crippen molar-refractivity contribution >= 4 is 33.4 Å². The number of hydrogen-bond acceptors (Lipinski definition) is 4. The molecule has 0 atom stereocenters. The molecule has 0 aliphatic rings. The van der Waals surface area contributed by atoms with Gasteiger partial charge >= 0.3 is 0 Å². The molecule has 0 saturated heterocycles. The van der Waals surface area contributed by atoms with Crippen LogP contribution in [-0.4, -0.2) is 39.4 Å². The Labute approximate surface area is 185 Å². The fourth-order valence-electron chi connectivity index (χ4n) is 3.31. The Kier molecular flexibility index (Phi) is 9.24. The van der Waals surface area contributed by atoms with Crippen LogP contribution in [0.2, 0.25) is 0 Å². The number of hydrogen-bond donors (Lipinski definition) is 1. The van der Waals surface area contributed by atoms with Crippen LogP contribution in [-0.2, 0) is 20.6 Å². The van der Waals surface area contributed by atoms with E-state index in [9.17, 15) is 13.2 Å². The molecule has 0 radical (unpaired) electrons. The molecule has 0 aliphatic heterocycles. The Hall–Kier alpha value is -1.99. The number of sulfonamides is 1. The number of nitrogens with one attached hydrogen (secondary N) is 1. The summed E-state index contributed by atoms with van der Waals surface area (Å²) in [5.41, 5.74) is 5.23. The van der Waals surface area contributed by atoms with Gasteiger partial charge in [0.1, 0.15) is 0 Å². The van der Waals surface area contributed by atoms with Crippen LogP contribution < -0.4 is 9.62 Å². The summed E-state index contributed by atoms with van der Waals surface area (Å²) >= 11 is 1.79. The molecular weight excluding hydrogens is 416 g/mol. The summed E-state index contributed by atoms with van der Waals surface area (Å²) in [4.78, 5) is 12.1. The van der Waals surface area contributed by atoms with Crippen molar-refractivity contribution in [2.45, 2.75) is 39.4 Å². The van der Waals surface area contributed by atoms with E-state index in [-0.39, 0.29) is 12.5 Å². The predicted molar refractivity (Wildman–Crippen MR) is 128 cm³/mol. The lowest BCUT2D eigenvalue weighted by atomic mass is 10.1. The molecule has 0 unspecified atom stereocenters. The molecule has 2 aromatic rings. The van der Waals surface area contributed by atoms with E-state index in [1.165, 1.54) is 21.7 Å². The second-order valence-corrected chi connectivity index (χ2v) is 10.7. The molecule has 2 rings (SSSR count). The lowest BCUT2D eigenvalue weighted by molar-refractivity contribution is -0.121. The van der Waals surface area contributed by atoms with Gasteiger partial charge in [0.25, 0.3) is 0 Å². The summed E-state index contributed by atoms with van der Waals surface area (Å²) < 4.78 is 25.9. The van der Waals surface area contributed by atoms with Crippen molar-refractivity contribution in [2.24, 2.45) is 0 Å². The first-order chi connectivity index (χ1) is 14.1. The maximum atomic E-state index is 12.2. The molecule has 30 heavy (non-hydrogen) atoms. The van der Waals surface area contributed by atoms with Crippen LogP contribution in [0.15, 0.2) is 42.5 Å². The Morgan fingerprint density at radius 3 is 2.37 bits per heavy atom. The van der Waals surface area contributed by atoms with E-state index in [2.05, 4.69) is 36.5 Å². The number of amides is 1. The van der Waals surface area contributed by atoms with Crippen LogP contribution in [0.25, 0.3) is 0 Å². The van der Waals surface area contributed by atoms with E-state index in [0.717, 1.165) is 22.6 Å². The highest BCUT2D eigenvalue weighted by Crippen LogP contribution is 2.22. The van der Waals surface area contributed by atoms with Gasteiger partial charge in [-0.3, -0.25) is 9.10 Å². The normalized spacial score (nSPS) is 11.3. The van der Waals surface area contributed by atoms with E-state index in [1.807, 2.05) is 32.0 Å². The van der Waals surface area contributed by atoms with Crippen molar-refractivity contribution in [1.29, 1.82) is 0 Å². The molecule has 0 heterocycles. The SMILES string of the molecule is Cc1cccc(CSCCNC(=O)CCCN(c2cc(C)cc(C)c2)S(C)(=O)=O)c1. The molecule has 1 N–H and O–H groups in total. The quantitative estimate of drug-likeness (QED) is 0.523. The Morgan fingerprint density at radius 1 is 1.03 bits per heavy atom. The van der Waals surface area contributed by atoms with Crippen molar-refractivity contribution in [3.8, 4) is 0 Å². The van der Waals surface area contributed by atoms with Crippen LogP contribution in [0.5, 0.6) is 0 Å². The molecule has 0 aromatic heterocycles. The first-order valence-electron chi connectivity index (χ1n) is 10.1. The van der Waals surface area contributed by atoms with E-state index < -0.39 is 10.0 Å². The third kappa shape index (κ3) is 8.40. The van der Waals surface area contributed by atoms with Crippen molar-refractivity contribution < 1.29 is 13.2 Å².